The Hall–Kier alpha value is -2.56. The quantitative estimate of drug-likeness (QED) is 0.693. The summed E-state index contributed by atoms with van der Waals surface area (Å²) in [6.45, 7) is 0. The number of aromatic amines is 1. The van der Waals surface area contributed by atoms with E-state index in [-0.39, 0.29) is 0 Å². The second-order valence-corrected chi connectivity index (χ2v) is 3.77. The summed E-state index contributed by atoms with van der Waals surface area (Å²) in [6.07, 6.45) is 6.97. The van der Waals surface area contributed by atoms with Crippen LogP contribution >= 0.6 is 0 Å². The summed E-state index contributed by atoms with van der Waals surface area (Å²) in [5.41, 5.74) is 7.49. The highest BCUT2D eigenvalue weighted by molar-refractivity contribution is 6.05. The second-order valence-electron chi connectivity index (χ2n) is 3.77. The van der Waals surface area contributed by atoms with Crippen LogP contribution in [-0.4, -0.2) is 20.4 Å². The summed E-state index contributed by atoms with van der Waals surface area (Å²) >= 11 is 0. The molecule has 3 rings (SSSR count). The maximum Gasteiger partial charge on any atom is 0.250 e. The number of nitrogens with zero attached hydrogens (tertiary/aromatic N) is 2. The Bertz CT molecular complexity index is 682. The third kappa shape index (κ3) is 1.48. The molecule has 0 saturated carbocycles. The van der Waals surface area contributed by atoms with Gasteiger partial charge in [0.2, 0.25) is 0 Å². The first-order valence-corrected chi connectivity index (χ1v) is 5.15. The molecule has 3 N–H and O–H groups in total. The van der Waals surface area contributed by atoms with Crippen molar-refractivity contribution in [2.24, 2.45) is 5.73 Å². The smallest absolute Gasteiger partial charge is 0.250 e. The lowest BCUT2D eigenvalue weighted by atomic mass is 10.1. The van der Waals surface area contributed by atoms with Gasteiger partial charge in [-0.15, -0.1) is 0 Å². The number of benzene rings is 1. The summed E-state index contributed by atoms with van der Waals surface area (Å²) in [5.74, 6) is -0.445. The van der Waals surface area contributed by atoms with Gasteiger partial charge in [0.05, 0.1) is 17.4 Å². The molecule has 3 aromatic rings. The van der Waals surface area contributed by atoms with Crippen LogP contribution < -0.4 is 5.73 Å². The maximum absolute atomic E-state index is 11.4. The number of fused-ring (bicyclic) bond motifs is 1. The molecule has 1 aromatic carbocycles. The van der Waals surface area contributed by atoms with Gasteiger partial charge in [-0.05, 0) is 18.2 Å². The van der Waals surface area contributed by atoms with E-state index in [1.54, 1.807) is 24.8 Å². The number of carbonyl (C=O) groups is 1. The molecule has 0 aliphatic heterocycles. The van der Waals surface area contributed by atoms with Crippen LogP contribution in [0.5, 0.6) is 0 Å². The molecule has 17 heavy (non-hydrogen) atoms. The van der Waals surface area contributed by atoms with Crippen molar-refractivity contribution in [2.75, 3.05) is 0 Å². The van der Waals surface area contributed by atoms with Crippen LogP contribution in [0.3, 0.4) is 0 Å². The highest BCUT2D eigenvalue weighted by atomic mass is 16.1. The van der Waals surface area contributed by atoms with E-state index in [0.29, 0.717) is 5.56 Å². The van der Waals surface area contributed by atoms with Gasteiger partial charge >= 0.3 is 0 Å². The van der Waals surface area contributed by atoms with E-state index in [0.717, 1.165) is 16.6 Å². The summed E-state index contributed by atoms with van der Waals surface area (Å²) in [5, 5.41) is 0.949. The second kappa shape index (κ2) is 3.48. The predicted octanol–water partition coefficient (Wildman–Crippen LogP) is 1.45. The molecule has 84 valence electrons. The number of nitrogens with one attached hydrogen (secondary N) is 1. The monoisotopic (exact) mass is 226 g/mol. The Labute approximate surface area is 96.9 Å². The highest BCUT2D eigenvalue weighted by Gasteiger charge is 2.10. The number of H-pyrrole nitrogens is 1. The lowest BCUT2D eigenvalue weighted by Crippen LogP contribution is -2.12. The molecule has 0 atom stereocenters. The van der Waals surface area contributed by atoms with Crippen molar-refractivity contribution in [1.29, 1.82) is 0 Å². The average Bonchev–Trinajstić information content (AvgIpc) is 2.98. The molecule has 0 aliphatic carbocycles. The van der Waals surface area contributed by atoms with Crippen LogP contribution in [0, 0.1) is 0 Å². The van der Waals surface area contributed by atoms with Gasteiger partial charge in [-0.3, -0.25) is 4.79 Å². The molecule has 0 saturated heterocycles. The fourth-order valence-corrected chi connectivity index (χ4v) is 1.91. The fourth-order valence-electron chi connectivity index (χ4n) is 1.91. The molecule has 0 unspecified atom stereocenters. The van der Waals surface area contributed by atoms with E-state index in [1.165, 1.54) is 0 Å². The van der Waals surface area contributed by atoms with Crippen molar-refractivity contribution in [3.63, 3.8) is 0 Å². The molecule has 0 spiro atoms. The molecular formula is C12H10N4O. The van der Waals surface area contributed by atoms with Gasteiger partial charge in [-0.25, -0.2) is 4.98 Å². The summed E-state index contributed by atoms with van der Waals surface area (Å²) in [7, 11) is 0. The minimum absolute atomic E-state index is 0.445. The van der Waals surface area contributed by atoms with Crippen molar-refractivity contribution >= 4 is 16.8 Å². The minimum atomic E-state index is -0.445. The molecule has 0 bridgehead atoms. The zero-order valence-corrected chi connectivity index (χ0v) is 8.92. The molecule has 0 fully saturated rings. The standard InChI is InChI=1S/C12H10N4O/c13-12(17)10-6-9(16-4-3-14-7-16)5-8-1-2-15-11(8)10/h1-7,15H,(H2,13,17). The van der Waals surface area contributed by atoms with Gasteiger partial charge in [0.1, 0.15) is 0 Å². The van der Waals surface area contributed by atoms with Crippen LogP contribution in [0.15, 0.2) is 43.1 Å². The fraction of sp³-hybridized carbons (Fsp3) is 0. The molecule has 1 amide bonds. The Morgan fingerprint density at radius 2 is 2.29 bits per heavy atom. The lowest BCUT2D eigenvalue weighted by molar-refractivity contribution is 0.100. The van der Waals surface area contributed by atoms with Crippen LogP contribution in [0.4, 0.5) is 0 Å². The normalized spacial score (nSPS) is 10.8. The number of hydrogen-bond acceptors (Lipinski definition) is 2. The van der Waals surface area contributed by atoms with Gasteiger partial charge in [-0.2, -0.15) is 0 Å². The van der Waals surface area contributed by atoms with E-state index in [1.807, 2.05) is 22.9 Å². The largest absolute Gasteiger partial charge is 0.366 e. The van der Waals surface area contributed by atoms with Crippen LogP contribution in [0.2, 0.25) is 0 Å². The van der Waals surface area contributed by atoms with Crippen molar-refractivity contribution in [1.82, 2.24) is 14.5 Å². The molecular weight excluding hydrogens is 216 g/mol. The topological polar surface area (TPSA) is 76.7 Å². The average molecular weight is 226 g/mol. The molecule has 2 aromatic heterocycles. The third-order valence-electron chi connectivity index (χ3n) is 2.71. The first-order valence-electron chi connectivity index (χ1n) is 5.15. The van der Waals surface area contributed by atoms with Gasteiger partial charge in [0.25, 0.3) is 5.91 Å². The zero-order valence-electron chi connectivity index (χ0n) is 8.92. The number of imidazole rings is 1. The third-order valence-corrected chi connectivity index (χ3v) is 2.71. The number of carbonyl (C=O) groups excluding carboxylic acids is 1. The van der Waals surface area contributed by atoms with E-state index < -0.39 is 5.91 Å². The van der Waals surface area contributed by atoms with Crippen LogP contribution in [-0.2, 0) is 0 Å². The minimum Gasteiger partial charge on any atom is -0.366 e. The van der Waals surface area contributed by atoms with Crippen molar-refractivity contribution in [2.45, 2.75) is 0 Å². The SMILES string of the molecule is NC(=O)c1cc(-n2ccnc2)cc2cc[nH]c12. The Kier molecular flexibility index (Phi) is 1.98. The number of hydrogen-bond donors (Lipinski definition) is 2. The first-order chi connectivity index (χ1) is 8.25. The first kappa shape index (κ1) is 9.65. The lowest BCUT2D eigenvalue weighted by Gasteiger charge is -2.05. The van der Waals surface area contributed by atoms with E-state index >= 15 is 0 Å². The van der Waals surface area contributed by atoms with Crippen LogP contribution in [0.1, 0.15) is 10.4 Å². The number of aromatic nitrogens is 3. The van der Waals surface area contributed by atoms with E-state index in [9.17, 15) is 4.79 Å². The van der Waals surface area contributed by atoms with E-state index in [4.69, 9.17) is 5.73 Å². The maximum atomic E-state index is 11.4. The molecule has 0 radical (unpaired) electrons. The molecule has 2 heterocycles. The molecule has 0 aliphatic rings. The van der Waals surface area contributed by atoms with Crippen LogP contribution in [0.25, 0.3) is 16.6 Å². The van der Waals surface area contributed by atoms with Crippen molar-refractivity contribution in [3.05, 3.63) is 48.7 Å². The zero-order chi connectivity index (χ0) is 11.8. The number of primary amides is 1. The Morgan fingerprint density at radius 3 is 3.00 bits per heavy atom. The van der Waals surface area contributed by atoms with Crippen molar-refractivity contribution in [3.8, 4) is 5.69 Å². The Morgan fingerprint density at radius 1 is 1.41 bits per heavy atom. The predicted molar refractivity (Wildman–Crippen MR) is 63.9 cm³/mol. The number of rotatable bonds is 2. The number of nitrogens with two attached hydrogens (primary N) is 1. The van der Waals surface area contributed by atoms with Gasteiger partial charge in [0.15, 0.2) is 0 Å². The number of amides is 1. The molecule has 5 nitrogen and oxygen atoms in total. The van der Waals surface area contributed by atoms with E-state index in [2.05, 4.69) is 9.97 Å². The summed E-state index contributed by atoms with van der Waals surface area (Å²) in [6, 6.07) is 5.63. The van der Waals surface area contributed by atoms with Crippen molar-refractivity contribution < 1.29 is 4.79 Å². The summed E-state index contributed by atoms with van der Waals surface area (Å²) < 4.78 is 1.83. The van der Waals surface area contributed by atoms with Gasteiger partial charge in [0, 0.05) is 29.7 Å². The van der Waals surface area contributed by atoms with Gasteiger partial charge in [-0.1, -0.05) is 0 Å². The highest BCUT2D eigenvalue weighted by Crippen LogP contribution is 2.21. The molecule has 5 heteroatoms. The van der Waals surface area contributed by atoms with Gasteiger partial charge < -0.3 is 15.3 Å². The summed E-state index contributed by atoms with van der Waals surface area (Å²) in [4.78, 5) is 18.4. The Balaban J connectivity index is 2.31.